The van der Waals surface area contributed by atoms with Gasteiger partial charge in [0.25, 0.3) is 5.91 Å². The first-order chi connectivity index (χ1) is 16.1. The zero-order valence-corrected chi connectivity index (χ0v) is 21.0. The van der Waals surface area contributed by atoms with E-state index >= 15 is 0 Å². The number of amides is 2. The number of benzene rings is 1. The number of piperidine rings is 1. The Hall–Kier alpha value is -3.29. The lowest BCUT2D eigenvalue weighted by Crippen LogP contribution is -2.45. The number of carbonyl (C=O) groups excluding carboxylic acids is 3. The largest absolute Gasteiger partial charge is 0.459 e. The molecule has 0 unspecified atom stereocenters. The molecule has 0 spiro atoms. The Morgan fingerprint density at radius 1 is 1.18 bits per heavy atom. The molecule has 1 aromatic heterocycles. The molecule has 3 rings (SSSR count). The molecule has 34 heavy (non-hydrogen) atoms. The normalized spacial score (nSPS) is 15.9. The maximum atomic E-state index is 13.3. The number of hydrogen-bond acceptors (Lipinski definition) is 5. The Balaban J connectivity index is 1.63. The van der Waals surface area contributed by atoms with Crippen molar-refractivity contribution in [2.45, 2.75) is 53.2 Å². The van der Waals surface area contributed by atoms with Gasteiger partial charge in [-0.25, -0.2) is 4.79 Å². The van der Waals surface area contributed by atoms with Crippen LogP contribution in [0.3, 0.4) is 0 Å². The molecule has 2 amide bonds. The number of hydrogen-bond donors (Lipinski definition) is 2. The Bertz CT molecular complexity index is 1040. The van der Waals surface area contributed by atoms with Gasteiger partial charge >= 0.3 is 5.97 Å². The van der Waals surface area contributed by atoms with E-state index in [4.69, 9.17) is 4.74 Å². The highest BCUT2D eigenvalue weighted by Gasteiger charge is 2.32. The molecule has 184 valence electrons. The summed E-state index contributed by atoms with van der Waals surface area (Å²) in [6.07, 6.45) is 1.25. The predicted octanol–water partition coefficient (Wildman–Crippen LogP) is 3.43. The number of nitrogens with zero attached hydrogens (tertiary/aromatic N) is 2. The van der Waals surface area contributed by atoms with Gasteiger partial charge < -0.3 is 24.8 Å². The highest BCUT2D eigenvalue weighted by atomic mass is 16.5. The maximum absolute atomic E-state index is 13.3. The molecule has 1 aliphatic heterocycles. The van der Waals surface area contributed by atoms with Crippen LogP contribution < -0.4 is 10.2 Å². The van der Waals surface area contributed by atoms with Crippen molar-refractivity contribution in [3.63, 3.8) is 0 Å². The van der Waals surface area contributed by atoms with Gasteiger partial charge in [-0.2, -0.15) is 0 Å². The van der Waals surface area contributed by atoms with Crippen LogP contribution in [-0.4, -0.2) is 61.0 Å². The maximum Gasteiger partial charge on any atom is 0.340 e. The van der Waals surface area contributed by atoms with E-state index in [9.17, 15) is 14.4 Å². The summed E-state index contributed by atoms with van der Waals surface area (Å²) in [4.78, 5) is 45.4. The van der Waals surface area contributed by atoms with Gasteiger partial charge in [0.15, 0.2) is 0 Å². The fourth-order valence-corrected chi connectivity index (χ4v) is 4.32. The molecule has 2 N–H and O–H groups in total. The first-order valence-electron chi connectivity index (χ1n) is 11.8. The third-order valence-electron chi connectivity index (χ3n) is 6.20. The summed E-state index contributed by atoms with van der Waals surface area (Å²) in [7, 11) is 3.97. The molecule has 0 saturated carbocycles. The average molecular weight is 469 g/mol. The zero-order valence-electron chi connectivity index (χ0n) is 21.0. The second kappa shape index (κ2) is 10.8. The number of anilines is 1. The summed E-state index contributed by atoms with van der Waals surface area (Å²) in [6, 6.07) is 8.05. The van der Waals surface area contributed by atoms with E-state index in [1.54, 1.807) is 32.6 Å². The van der Waals surface area contributed by atoms with Gasteiger partial charge in [0.2, 0.25) is 5.91 Å². The molecule has 8 heteroatoms. The molecule has 1 atom stereocenters. The van der Waals surface area contributed by atoms with E-state index in [0.29, 0.717) is 42.1 Å². The SMILES string of the molecule is Cc1[nH]c(C(=O)N2CCC[C@H](C(=O)NCc3ccc(N(C)C)cc3)C2)c(C)c1C(=O)OC(C)C. The molecule has 0 radical (unpaired) electrons. The number of ether oxygens (including phenoxy) is 1. The van der Waals surface area contributed by atoms with E-state index in [1.165, 1.54) is 0 Å². The van der Waals surface area contributed by atoms with Crippen molar-refractivity contribution < 1.29 is 19.1 Å². The zero-order chi connectivity index (χ0) is 25.0. The standard InChI is InChI=1S/C26H36N4O4/c1-16(2)34-26(33)22-17(3)23(28-18(22)4)25(32)30-13-7-8-20(15-30)24(31)27-14-19-9-11-21(12-10-19)29(5)6/h9-12,16,20,28H,7-8,13-15H2,1-6H3,(H,27,31)/t20-/m0/s1. The molecule has 2 heterocycles. The van der Waals surface area contributed by atoms with Gasteiger partial charge in [0.05, 0.1) is 17.6 Å². The highest BCUT2D eigenvalue weighted by Crippen LogP contribution is 2.24. The topological polar surface area (TPSA) is 94.7 Å². The summed E-state index contributed by atoms with van der Waals surface area (Å²) in [5, 5.41) is 3.01. The quantitative estimate of drug-likeness (QED) is 0.607. The molecule has 1 fully saturated rings. The van der Waals surface area contributed by atoms with E-state index in [0.717, 1.165) is 24.1 Å². The molecular weight excluding hydrogens is 432 g/mol. The van der Waals surface area contributed by atoms with Crippen molar-refractivity contribution in [3.05, 3.63) is 52.3 Å². The van der Waals surface area contributed by atoms with Crippen LogP contribution in [0.1, 0.15) is 64.4 Å². The third kappa shape index (κ3) is 5.79. The average Bonchev–Trinajstić information content (AvgIpc) is 3.10. The Labute approximate surface area is 201 Å². The van der Waals surface area contributed by atoms with Crippen molar-refractivity contribution in [1.82, 2.24) is 15.2 Å². The summed E-state index contributed by atoms with van der Waals surface area (Å²) in [5.41, 5.74) is 4.12. The molecule has 2 aromatic rings. The van der Waals surface area contributed by atoms with Crippen molar-refractivity contribution in [1.29, 1.82) is 0 Å². The van der Waals surface area contributed by atoms with E-state index in [2.05, 4.69) is 10.3 Å². The number of rotatable bonds is 7. The molecular formula is C26H36N4O4. The minimum Gasteiger partial charge on any atom is -0.459 e. The van der Waals surface area contributed by atoms with E-state index in [1.807, 2.05) is 43.3 Å². The fourth-order valence-electron chi connectivity index (χ4n) is 4.32. The van der Waals surface area contributed by atoms with Crippen LogP contribution in [0.5, 0.6) is 0 Å². The first kappa shape index (κ1) is 25.3. The van der Waals surface area contributed by atoms with Crippen molar-refractivity contribution in [2.75, 3.05) is 32.1 Å². The second-order valence-corrected chi connectivity index (χ2v) is 9.45. The molecule has 0 bridgehead atoms. The molecule has 8 nitrogen and oxygen atoms in total. The molecule has 0 aliphatic carbocycles. The Kier molecular flexibility index (Phi) is 8.02. The van der Waals surface area contributed by atoms with Crippen LogP contribution in [0.15, 0.2) is 24.3 Å². The van der Waals surface area contributed by atoms with Crippen LogP contribution in [-0.2, 0) is 16.1 Å². The van der Waals surface area contributed by atoms with Crippen LogP contribution in [0.25, 0.3) is 0 Å². The summed E-state index contributed by atoms with van der Waals surface area (Å²) >= 11 is 0. The number of carbonyl (C=O) groups is 3. The minimum atomic E-state index is -0.435. The van der Waals surface area contributed by atoms with Gasteiger partial charge in [-0.05, 0) is 63.8 Å². The molecule has 1 aromatic carbocycles. The Morgan fingerprint density at radius 2 is 1.85 bits per heavy atom. The summed E-state index contributed by atoms with van der Waals surface area (Å²) in [5.74, 6) is -0.939. The number of H-pyrrole nitrogens is 1. The molecule has 1 saturated heterocycles. The highest BCUT2D eigenvalue weighted by molar-refractivity contribution is 6.00. The van der Waals surface area contributed by atoms with Crippen LogP contribution in [0.2, 0.25) is 0 Å². The second-order valence-electron chi connectivity index (χ2n) is 9.45. The number of esters is 1. The number of nitrogens with one attached hydrogen (secondary N) is 2. The van der Waals surface area contributed by atoms with Crippen molar-refractivity contribution in [3.8, 4) is 0 Å². The van der Waals surface area contributed by atoms with Crippen LogP contribution in [0.4, 0.5) is 5.69 Å². The number of aromatic nitrogens is 1. The van der Waals surface area contributed by atoms with Crippen LogP contribution in [0, 0.1) is 19.8 Å². The van der Waals surface area contributed by atoms with Gasteiger partial charge in [-0.15, -0.1) is 0 Å². The minimum absolute atomic E-state index is 0.0465. The first-order valence-corrected chi connectivity index (χ1v) is 11.8. The monoisotopic (exact) mass is 468 g/mol. The lowest BCUT2D eigenvalue weighted by Gasteiger charge is -2.32. The van der Waals surface area contributed by atoms with E-state index < -0.39 is 5.97 Å². The van der Waals surface area contributed by atoms with Gasteiger partial charge in [0, 0.05) is 45.1 Å². The number of likely N-dealkylation sites (tertiary alicyclic amines) is 1. The van der Waals surface area contributed by atoms with Gasteiger partial charge in [-0.1, -0.05) is 12.1 Å². The lowest BCUT2D eigenvalue weighted by molar-refractivity contribution is -0.126. The predicted molar refractivity (Wildman–Crippen MR) is 132 cm³/mol. The lowest BCUT2D eigenvalue weighted by atomic mass is 9.96. The van der Waals surface area contributed by atoms with Crippen molar-refractivity contribution >= 4 is 23.5 Å². The van der Waals surface area contributed by atoms with Gasteiger partial charge in [-0.3, -0.25) is 9.59 Å². The fraction of sp³-hybridized carbons (Fsp3) is 0.500. The number of aromatic amines is 1. The van der Waals surface area contributed by atoms with E-state index in [-0.39, 0.29) is 23.8 Å². The smallest absolute Gasteiger partial charge is 0.340 e. The van der Waals surface area contributed by atoms with Crippen LogP contribution >= 0.6 is 0 Å². The number of aryl methyl sites for hydroxylation is 1. The summed E-state index contributed by atoms with van der Waals surface area (Å²) in [6.45, 7) is 8.48. The summed E-state index contributed by atoms with van der Waals surface area (Å²) < 4.78 is 5.33. The molecule has 1 aliphatic rings. The Morgan fingerprint density at radius 3 is 2.47 bits per heavy atom. The van der Waals surface area contributed by atoms with Gasteiger partial charge in [0.1, 0.15) is 5.69 Å². The van der Waals surface area contributed by atoms with Crippen molar-refractivity contribution in [2.24, 2.45) is 5.92 Å². The third-order valence-corrected chi connectivity index (χ3v) is 6.20.